The van der Waals surface area contributed by atoms with E-state index in [0.717, 1.165) is 6.26 Å². The quantitative estimate of drug-likeness (QED) is 0.773. The van der Waals surface area contributed by atoms with E-state index < -0.39 is 21.4 Å². The third-order valence-electron chi connectivity index (χ3n) is 1.87. The first kappa shape index (κ1) is 13.0. The van der Waals surface area contributed by atoms with Crippen LogP contribution in [0.5, 0.6) is 5.75 Å². The molecule has 0 saturated carbocycles. The van der Waals surface area contributed by atoms with Crippen LogP contribution in [0.1, 0.15) is 10.4 Å². The molecule has 0 atom stereocenters. The van der Waals surface area contributed by atoms with Crippen molar-refractivity contribution in [3.8, 4) is 5.75 Å². The van der Waals surface area contributed by atoms with Crippen LogP contribution in [0, 0.1) is 0 Å². The normalized spacial score (nSPS) is 11.2. The van der Waals surface area contributed by atoms with Crippen LogP contribution < -0.4 is 4.74 Å². The summed E-state index contributed by atoms with van der Waals surface area (Å²) in [6, 6.07) is 4.69. The molecule has 1 aromatic carbocycles. The number of ether oxygens (including phenoxy) is 1. The van der Waals surface area contributed by atoms with Crippen molar-refractivity contribution in [2.45, 2.75) is 0 Å². The van der Waals surface area contributed by atoms with Gasteiger partial charge in [-0.15, -0.1) is 0 Å². The zero-order valence-corrected chi connectivity index (χ0v) is 10.4. The van der Waals surface area contributed by atoms with E-state index >= 15 is 0 Å². The maximum Gasteiger partial charge on any atom is 0.183 e. The molecular weight excluding hydrogens is 252 g/mol. The van der Waals surface area contributed by atoms with E-state index in [-0.39, 0.29) is 16.3 Å². The maximum absolute atomic E-state index is 11.7. The molecule has 0 aliphatic carbocycles. The average Bonchev–Trinajstić information content (AvgIpc) is 2.14. The second-order valence-corrected chi connectivity index (χ2v) is 5.86. The van der Waals surface area contributed by atoms with Crippen LogP contribution in [0.3, 0.4) is 0 Å². The maximum atomic E-state index is 11.7. The molecule has 88 valence electrons. The molecule has 0 aliphatic heterocycles. The number of halogens is 1. The van der Waals surface area contributed by atoms with Crippen molar-refractivity contribution in [2.24, 2.45) is 0 Å². The Morgan fingerprint density at radius 1 is 1.44 bits per heavy atom. The summed E-state index contributed by atoms with van der Waals surface area (Å²) in [7, 11) is -1.99. The number of carbonyl (C=O) groups excluding carboxylic acids is 1. The molecule has 0 heterocycles. The van der Waals surface area contributed by atoms with Crippen molar-refractivity contribution in [1.82, 2.24) is 0 Å². The molecule has 1 aromatic rings. The standard InChI is InChI=1S/C10H11ClO4S/c1-15-9-5-3-4-7(11)10(9)8(12)6-16(2,13)14/h3-5H,6H2,1-2H3. The van der Waals surface area contributed by atoms with Gasteiger partial charge in [-0.2, -0.15) is 0 Å². The summed E-state index contributed by atoms with van der Waals surface area (Å²) in [4.78, 5) is 11.7. The van der Waals surface area contributed by atoms with Crippen LogP contribution in [0.15, 0.2) is 18.2 Å². The van der Waals surface area contributed by atoms with Crippen LogP contribution >= 0.6 is 11.6 Å². The zero-order chi connectivity index (χ0) is 12.3. The van der Waals surface area contributed by atoms with Gasteiger partial charge in [-0.05, 0) is 12.1 Å². The van der Waals surface area contributed by atoms with Crippen LogP contribution in [0.25, 0.3) is 0 Å². The van der Waals surface area contributed by atoms with Crippen molar-refractivity contribution in [3.63, 3.8) is 0 Å². The van der Waals surface area contributed by atoms with E-state index in [1.54, 1.807) is 12.1 Å². The topological polar surface area (TPSA) is 60.4 Å². The van der Waals surface area contributed by atoms with E-state index in [0.29, 0.717) is 0 Å². The third kappa shape index (κ3) is 3.21. The van der Waals surface area contributed by atoms with Crippen LogP contribution in [0.4, 0.5) is 0 Å². The lowest BCUT2D eigenvalue weighted by Crippen LogP contribution is -2.15. The largest absolute Gasteiger partial charge is 0.496 e. The molecule has 0 radical (unpaired) electrons. The van der Waals surface area contributed by atoms with Gasteiger partial charge in [-0.3, -0.25) is 4.79 Å². The number of methoxy groups -OCH3 is 1. The number of sulfone groups is 1. The fourth-order valence-corrected chi connectivity index (χ4v) is 2.15. The molecule has 0 aromatic heterocycles. The van der Waals surface area contributed by atoms with E-state index in [9.17, 15) is 13.2 Å². The first-order valence-electron chi connectivity index (χ1n) is 4.38. The summed E-state index contributed by atoms with van der Waals surface area (Å²) in [5, 5.41) is 0.188. The van der Waals surface area contributed by atoms with E-state index in [2.05, 4.69) is 0 Å². The van der Waals surface area contributed by atoms with Crippen molar-refractivity contribution in [1.29, 1.82) is 0 Å². The Morgan fingerprint density at radius 2 is 2.06 bits per heavy atom. The van der Waals surface area contributed by atoms with Crippen molar-refractivity contribution >= 4 is 27.2 Å². The van der Waals surface area contributed by atoms with E-state index in [1.165, 1.54) is 13.2 Å². The van der Waals surface area contributed by atoms with Gasteiger partial charge in [0.05, 0.1) is 17.7 Å². The summed E-state index contributed by atoms with van der Waals surface area (Å²) in [6.45, 7) is 0. The second kappa shape index (κ2) is 4.84. The van der Waals surface area contributed by atoms with Gasteiger partial charge < -0.3 is 4.74 Å². The SMILES string of the molecule is COc1cccc(Cl)c1C(=O)CS(C)(=O)=O. The molecule has 0 aliphatic rings. The summed E-state index contributed by atoms with van der Waals surface area (Å²) >= 11 is 5.84. The van der Waals surface area contributed by atoms with Crippen LogP contribution in [-0.2, 0) is 9.84 Å². The first-order valence-corrected chi connectivity index (χ1v) is 6.82. The Bertz CT molecular complexity index is 508. The summed E-state index contributed by atoms with van der Waals surface area (Å²) in [5.41, 5.74) is 0.108. The number of hydrogen-bond acceptors (Lipinski definition) is 4. The van der Waals surface area contributed by atoms with Gasteiger partial charge in [0.15, 0.2) is 15.6 Å². The highest BCUT2D eigenvalue weighted by Gasteiger charge is 2.20. The highest BCUT2D eigenvalue weighted by Crippen LogP contribution is 2.26. The number of ketones is 1. The average molecular weight is 263 g/mol. The first-order chi connectivity index (χ1) is 7.35. The van der Waals surface area contributed by atoms with Crippen LogP contribution in [-0.4, -0.2) is 33.3 Å². The fraction of sp³-hybridized carbons (Fsp3) is 0.300. The molecular formula is C10H11ClO4S. The lowest BCUT2D eigenvalue weighted by atomic mass is 10.1. The second-order valence-electron chi connectivity index (χ2n) is 3.31. The zero-order valence-electron chi connectivity index (χ0n) is 8.86. The van der Waals surface area contributed by atoms with Gasteiger partial charge >= 0.3 is 0 Å². The minimum absolute atomic E-state index is 0.108. The molecule has 0 unspecified atom stereocenters. The molecule has 1 rings (SSSR count). The molecule has 0 N–H and O–H groups in total. The third-order valence-corrected chi connectivity index (χ3v) is 2.97. The smallest absolute Gasteiger partial charge is 0.183 e. The van der Waals surface area contributed by atoms with Gasteiger partial charge in [0.2, 0.25) is 0 Å². The minimum Gasteiger partial charge on any atom is -0.496 e. The molecule has 16 heavy (non-hydrogen) atoms. The molecule has 0 spiro atoms. The highest BCUT2D eigenvalue weighted by molar-refractivity contribution is 7.91. The van der Waals surface area contributed by atoms with Crippen molar-refractivity contribution in [2.75, 3.05) is 19.1 Å². The van der Waals surface area contributed by atoms with Gasteiger partial charge in [0.1, 0.15) is 11.5 Å². The summed E-state index contributed by atoms with van der Waals surface area (Å²) < 4.78 is 27.0. The van der Waals surface area contributed by atoms with Gasteiger partial charge in [0.25, 0.3) is 0 Å². The fourth-order valence-electron chi connectivity index (χ4n) is 1.26. The van der Waals surface area contributed by atoms with Gasteiger partial charge in [0, 0.05) is 6.26 Å². The Kier molecular flexibility index (Phi) is 3.93. The number of carbonyl (C=O) groups is 1. The Labute approximate surface area is 99.1 Å². The molecule has 6 heteroatoms. The lowest BCUT2D eigenvalue weighted by Gasteiger charge is -2.08. The van der Waals surface area contributed by atoms with Crippen molar-refractivity contribution < 1.29 is 17.9 Å². The van der Waals surface area contributed by atoms with Crippen molar-refractivity contribution in [3.05, 3.63) is 28.8 Å². The Balaban J connectivity index is 3.17. The molecule has 0 fully saturated rings. The molecule has 0 amide bonds. The molecule has 4 nitrogen and oxygen atoms in total. The predicted octanol–water partition coefficient (Wildman–Crippen LogP) is 1.58. The van der Waals surface area contributed by atoms with Gasteiger partial charge in [-0.25, -0.2) is 8.42 Å². The molecule has 0 saturated heterocycles. The highest BCUT2D eigenvalue weighted by atomic mass is 35.5. The predicted molar refractivity (Wildman–Crippen MR) is 62.0 cm³/mol. The lowest BCUT2D eigenvalue weighted by molar-refractivity contribution is 0.101. The van der Waals surface area contributed by atoms with E-state index in [4.69, 9.17) is 16.3 Å². The number of benzene rings is 1. The van der Waals surface area contributed by atoms with Gasteiger partial charge in [-0.1, -0.05) is 17.7 Å². The Hall–Kier alpha value is -1.07. The number of hydrogen-bond donors (Lipinski definition) is 0. The Morgan fingerprint density at radius 3 is 2.56 bits per heavy atom. The van der Waals surface area contributed by atoms with Crippen LogP contribution in [0.2, 0.25) is 5.02 Å². The number of Topliss-reactive ketones (excluding diaryl/α,β-unsaturated/α-hetero) is 1. The minimum atomic E-state index is -3.38. The number of rotatable bonds is 4. The summed E-state index contributed by atoms with van der Waals surface area (Å²) in [5.74, 6) is -0.862. The monoisotopic (exact) mass is 262 g/mol. The summed E-state index contributed by atoms with van der Waals surface area (Å²) in [6.07, 6.45) is 0.994. The van der Waals surface area contributed by atoms with E-state index in [1.807, 2.05) is 0 Å². The molecule has 0 bridgehead atoms.